The lowest BCUT2D eigenvalue weighted by Gasteiger charge is -2.33. The van der Waals surface area contributed by atoms with E-state index in [-0.39, 0.29) is 47.8 Å². The molecule has 0 saturated heterocycles. The van der Waals surface area contributed by atoms with E-state index < -0.39 is 81.0 Å². The number of rotatable bonds is 26. The minimum atomic E-state index is -1.92. The summed E-state index contributed by atoms with van der Waals surface area (Å²) in [4.78, 5) is 38.0. The molecule has 0 aliphatic heterocycles. The Hall–Kier alpha value is -4.22. The third-order valence-corrected chi connectivity index (χ3v) is 10.0. The van der Waals surface area contributed by atoms with Gasteiger partial charge in [-0.25, -0.2) is 9.97 Å². The number of hydrogen-bond donors (Lipinski definition) is 13. The van der Waals surface area contributed by atoms with E-state index in [0.29, 0.717) is 13.0 Å². The molecule has 2 aromatic carbocycles. The number of amides is 2. The molecule has 19 nitrogen and oxygen atoms in total. The van der Waals surface area contributed by atoms with Crippen molar-refractivity contribution in [1.29, 1.82) is 0 Å². The maximum Gasteiger partial charge on any atom is 0.269 e. The van der Waals surface area contributed by atoms with E-state index in [1.165, 1.54) is 11.1 Å². The van der Waals surface area contributed by atoms with Gasteiger partial charge in [0.05, 0.1) is 31.6 Å². The van der Waals surface area contributed by atoms with Crippen LogP contribution in [-0.2, 0) is 17.6 Å². The lowest BCUT2D eigenvalue weighted by atomic mass is 9.95. The van der Waals surface area contributed by atoms with Gasteiger partial charge in [-0.05, 0) is 60.4 Å². The number of halogens is 1. The molecule has 1 aromatic heterocycles. The minimum absolute atomic E-state index is 0.0102. The normalized spacial score (nSPS) is 16.1. The molecule has 0 bridgehead atoms. The van der Waals surface area contributed by atoms with E-state index >= 15 is 0 Å². The van der Waals surface area contributed by atoms with Gasteiger partial charge < -0.3 is 67.8 Å². The molecule has 0 radical (unpaired) electrons. The molecule has 60 heavy (non-hydrogen) atoms. The van der Waals surface area contributed by atoms with Crippen LogP contribution in [0.2, 0.25) is 5.15 Å². The smallest absolute Gasteiger partial charge is 0.269 e. The van der Waals surface area contributed by atoms with Crippen molar-refractivity contribution < 1.29 is 60.7 Å². The van der Waals surface area contributed by atoms with Gasteiger partial charge >= 0.3 is 0 Å². The SMILES string of the molecule is Cc1cc(CCC(=O)NCCN(C[C@H](O)[C@@H](O)[C@H](O)[C@H](O)CO)C[C@H](O)[C@@H](O)[C@H](O)[C@H](O)CO)ccc1-c1ccc(CCCCN=C(N)c2ncc(Cl)nc2C(N)=O)cc1. The van der Waals surface area contributed by atoms with Gasteiger partial charge in [0.2, 0.25) is 5.91 Å². The van der Waals surface area contributed by atoms with Crippen LogP contribution in [0.15, 0.2) is 53.7 Å². The number of aryl methyl sites for hydroxylation is 3. The first-order valence-corrected chi connectivity index (χ1v) is 19.8. The summed E-state index contributed by atoms with van der Waals surface area (Å²) in [6.45, 7) is -0.315. The molecule has 0 aliphatic rings. The quantitative estimate of drug-likeness (QED) is 0.0220. The predicted molar refractivity (Wildman–Crippen MR) is 221 cm³/mol. The molecule has 0 fully saturated rings. The van der Waals surface area contributed by atoms with E-state index in [2.05, 4.69) is 44.5 Å². The first-order chi connectivity index (χ1) is 28.5. The highest BCUT2D eigenvalue weighted by molar-refractivity contribution is 6.29. The van der Waals surface area contributed by atoms with Crippen molar-refractivity contribution in [2.75, 3.05) is 45.9 Å². The van der Waals surface area contributed by atoms with Crippen LogP contribution < -0.4 is 16.8 Å². The first kappa shape index (κ1) is 50.1. The van der Waals surface area contributed by atoms with Crippen LogP contribution in [0.4, 0.5) is 0 Å². The molecule has 1 heterocycles. The lowest BCUT2D eigenvalue weighted by molar-refractivity contribution is -0.130. The Kier molecular flexibility index (Phi) is 20.8. The number of carbonyl (C=O) groups excluding carboxylic acids is 2. The molecule has 0 unspecified atom stereocenters. The van der Waals surface area contributed by atoms with Crippen molar-refractivity contribution in [2.45, 2.75) is 87.9 Å². The molecular weight excluding hydrogens is 806 g/mol. The number of hydrogen-bond acceptors (Lipinski definition) is 16. The Morgan fingerprint density at radius 3 is 1.90 bits per heavy atom. The van der Waals surface area contributed by atoms with Gasteiger partial charge in [0.15, 0.2) is 5.69 Å². The number of nitrogens with zero attached hydrogens (tertiary/aromatic N) is 4. The molecule has 15 N–H and O–H groups in total. The average Bonchev–Trinajstić information content (AvgIpc) is 3.23. The number of nitrogens with two attached hydrogens (primary N) is 2. The van der Waals surface area contributed by atoms with Crippen LogP contribution >= 0.6 is 11.6 Å². The van der Waals surface area contributed by atoms with Gasteiger partial charge in [0.1, 0.15) is 53.3 Å². The number of unbranched alkanes of at least 4 members (excludes halogenated alkanes) is 1. The Morgan fingerprint density at radius 1 is 0.783 bits per heavy atom. The molecule has 0 spiro atoms. The van der Waals surface area contributed by atoms with Crippen molar-refractivity contribution in [3.05, 3.63) is 81.9 Å². The first-order valence-electron chi connectivity index (χ1n) is 19.4. The van der Waals surface area contributed by atoms with Crippen molar-refractivity contribution in [1.82, 2.24) is 20.2 Å². The number of nitrogens with one attached hydrogen (secondary N) is 1. The zero-order valence-corrected chi connectivity index (χ0v) is 34.1. The zero-order chi connectivity index (χ0) is 44.5. The van der Waals surface area contributed by atoms with E-state index in [4.69, 9.17) is 33.3 Å². The molecule has 20 heteroatoms. The van der Waals surface area contributed by atoms with Gasteiger partial charge in [-0.3, -0.25) is 19.5 Å². The Morgan fingerprint density at radius 2 is 1.35 bits per heavy atom. The van der Waals surface area contributed by atoms with Gasteiger partial charge in [0, 0.05) is 39.1 Å². The maximum absolute atomic E-state index is 12.8. The van der Waals surface area contributed by atoms with E-state index in [9.17, 15) is 50.4 Å². The van der Waals surface area contributed by atoms with Gasteiger partial charge in [-0.15, -0.1) is 0 Å². The number of primary amides is 1. The van der Waals surface area contributed by atoms with Crippen LogP contribution in [0.5, 0.6) is 0 Å². The number of carbonyl (C=O) groups is 2. The second-order valence-electron chi connectivity index (χ2n) is 14.5. The minimum Gasteiger partial charge on any atom is -0.394 e. The molecule has 2 amide bonds. The summed E-state index contributed by atoms with van der Waals surface area (Å²) in [6.07, 6.45) is -10.4. The lowest BCUT2D eigenvalue weighted by Crippen LogP contribution is -2.54. The number of aromatic nitrogens is 2. The highest BCUT2D eigenvalue weighted by Gasteiger charge is 2.34. The number of aliphatic hydroxyl groups excluding tert-OH is 10. The maximum atomic E-state index is 12.8. The Labute approximate surface area is 352 Å². The summed E-state index contributed by atoms with van der Waals surface area (Å²) in [5.41, 5.74) is 16.5. The third-order valence-electron chi connectivity index (χ3n) is 9.86. The number of aliphatic imine (C=N–C) groups is 1. The van der Waals surface area contributed by atoms with Crippen molar-refractivity contribution in [2.24, 2.45) is 16.5 Å². The van der Waals surface area contributed by atoms with Crippen LogP contribution in [0, 0.1) is 6.92 Å². The predicted octanol–water partition coefficient (Wildman–Crippen LogP) is -2.84. The number of amidine groups is 1. The Bertz CT molecular complexity index is 1810. The third kappa shape index (κ3) is 15.4. The van der Waals surface area contributed by atoms with Crippen LogP contribution in [0.25, 0.3) is 11.1 Å². The standard InChI is InChI=1S/C40H58ClN7O12/c1-22-16-24(7-11-26(22)25-9-5-23(6-10-25)4-2-3-13-45-39(42)33-34(40(43)60)47-31(41)17-46-33)8-12-32(55)44-14-15-48(18-27(51)35(56)37(58)29(53)20-49)19-28(52)36(57)38(59)30(54)21-50/h5-7,9-11,16-17,27-30,35-38,49-54,56-59H,2-4,8,12-15,18-21H2,1H3,(H2,42,45)(H2,43,60)(H,44,55)/t27-,28-,29+,30+,35+,36+,37+,38+/m0/s1. The summed E-state index contributed by atoms with van der Waals surface area (Å²) in [6, 6.07) is 14.2. The Balaban J connectivity index is 1.50. The zero-order valence-electron chi connectivity index (χ0n) is 33.3. The van der Waals surface area contributed by atoms with Crippen LogP contribution in [-0.4, -0.2) is 178 Å². The largest absolute Gasteiger partial charge is 0.394 e. The summed E-state index contributed by atoms with van der Waals surface area (Å²) in [5, 5.41) is 102. The second kappa shape index (κ2) is 24.9. The fraction of sp³-hybridized carbons (Fsp3) is 0.525. The summed E-state index contributed by atoms with van der Waals surface area (Å²) >= 11 is 5.81. The van der Waals surface area contributed by atoms with Crippen LogP contribution in [0.3, 0.4) is 0 Å². The number of aliphatic hydroxyl groups is 10. The topological polar surface area (TPSA) is 342 Å². The van der Waals surface area contributed by atoms with E-state index in [1.807, 2.05) is 25.1 Å². The molecular formula is C40H58ClN7O12. The van der Waals surface area contributed by atoms with Gasteiger partial charge in [-0.1, -0.05) is 54.1 Å². The molecule has 0 saturated carbocycles. The van der Waals surface area contributed by atoms with Crippen molar-refractivity contribution in [3.8, 4) is 11.1 Å². The molecule has 8 atom stereocenters. The highest BCUT2D eigenvalue weighted by atomic mass is 35.5. The van der Waals surface area contributed by atoms with Crippen molar-refractivity contribution >= 4 is 29.3 Å². The van der Waals surface area contributed by atoms with E-state index in [0.717, 1.165) is 47.1 Å². The molecule has 0 aliphatic carbocycles. The summed E-state index contributed by atoms with van der Waals surface area (Å²) in [7, 11) is 0. The highest BCUT2D eigenvalue weighted by Crippen LogP contribution is 2.26. The van der Waals surface area contributed by atoms with Gasteiger partial charge in [0.25, 0.3) is 5.91 Å². The van der Waals surface area contributed by atoms with Crippen LogP contribution in [0.1, 0.15) is 52.1 Å². The monoisotopic (exact) mass is 863 g/mol. The van der Waals surface area contributed by atoms with E-state index in [1.54, 1.807) is 0 Å². The number of benzene rings is 2. The molecule has 3 aromatic rings. The fourth-order valence-electron chi connectivity index (χ4n) is 6.33. The summed E-state index contributed by atoms with van der Waals surface area (Å²) < 4.78 is 0. The van der Waals surface area contributed by atoms with Crippen molar-refractivity contribution in [3.63, 3.8) is 0 Å². The average molecular weight is 864 g/mol. The molecule has 3 rings (SSSR count). The summed E-state index contributed by atoms with van der Waals surface area (Å²) in [5.74, 6) is -1.05. The van der Waals surface area contributed by atoms with Gasteiger partial charge in [-0.2, -0.15) is 0 Å². The molecule has 332 valence electrons. The second-order valence-corrected chi connectivity index (χ2v) is 14.9. The fourth-order valence-corrected chi connectivity index (χ4v) is 6.46.